The van der Waals surface area contributed by atoms with E-state index < -0.39 is 0 Å². The van der Waals surface area contributed by atoms with E-state index in [2.05, 4.69) is 27.5 Å². The highest BCUT2D eigenvalue weighted by Gasteiger charge is 2.01. The van der Waals surface area contributed by atoms with E-state index in [9.17, 15) is 0 Å². The summed E-state index contributed by atoms with van der Waals surface area (Å²) in [6, 6.07) is 2.21. The van der Waals surface area contributed by atoms with Crippen LogP contribution in [-0.2, 0) is 0 Å². The molecule has 0 bridgehead atoms. The molecule has 1 atom stereocenters. The predicted molar refractivity (Wildman–Crippen MR) is 53.7 cm³/mol. The average molecular weight is 180 g/mol. The summed E-state index contributed by atoms with van der Waals surface area (Å²) < 4.78 is 0. The smallest absolute Gasteiger partial charge is 0.222 e. The summed E-state index contributed by atoms with van der Waals surface area (Å²) >= 11 is 0. The van der Waals surface area contributed by atoms with Crippen molar-refractivity contribution in [3.05, 3.63) is 18.5 Å². The Bertz CT molecular complexity index is 224. The van der Waals surface area contributed by atoms with Gasteiger partial charge in [-0.15, -0.1) is 0 Å². The lowest BCUT2D eigenvalue weighted by Crippen LogP contribution is -2.22. The van der Waals surface area contributed by atoms with Gasteiger partial charge in [-0.1, -0.05) is 0 Å². The average Bonchev–Trinajstić information content (AvgIpc) is 2.16. The van der Waals surface area contributed by atoms with Gasteiger partial charge >= 0.3 is 0 Å². The normalized spacial score (nSPS) is 12.5. The van der Waals surface area contributed by atoms with Crippen LogP contribution >= 0.6 is 0 Å². The van der Waals surface area contributed by atoms with Crippen molar-refractivity contribution in [1.29, 1.82) is 0 Å². The number of anilines is 1. The molecule has 1 rings (SSSR count). The van der Waals surface area contributed by atoms with Crippen molar-refractivity contribution in [2.75, 3.05) is 18.9 Å². The van der Waals surface area contributed by atoms with Crippen molar-refractivity contribution >= 4 is 5.95 Å². The molecule has 13 heavy (non-hydrogen) atoms. The van der Waals surface area contributed by atoms with Crippen molar-refractivity contribution in [3.8, 4) is 0 Å². The van der Waals surface area contributed by atoms with E-state index in [1.165, 1.54) is 0 Å². The molecule has 0 aliphatic carbocycles. The highest BCUT2D eigenvalue weighted by molar-refractivity contribution is 5.23. The molecule has 0 amide bonds. The molecule has 0 fully saturated rings. The van der Waals surface area contributed by atoms with E-state index in [0.29, 0.717) is 12.0 Å². The lowest BCUT2D eigenvalue weighted by molar-refractivity contribution is 0.652. The van der Waals surface area contributed by atoms with Gasteiger partial charge in [0.25, 0.3) is 0 Å². The molecule has 0 radical (unpaired) electrons. The number of hydrogen-bond acceptors (Lipinski definition) is 4. The fourth-order valence-electron chi connectivity index (χ4n) is 1.03. The summed E-state index contributed by atoms with van der Waals surface area (Å²) in [5, 5.41) is 6.32. The largest absolute Gasteiger partial charge is 0.352 e. The Morgan fingerprint density at radius 2 is 2.08 bits per heavy atom. The molecule has 0 aliphatic rings. The van der Waals surface area contributed by atoms with E-state index >= 15 is 0 Å². The van der Waals surface area contributed by atoms with E-state index in [0.717, 1.165) is 13.0 Å². The van der Waals surface area contributed by atoms with Crippen LogP contribution in [-0.4, -0.2) is 29.6 Å². The SMILES string of the molecule is CNCCC(C)Nc1ncccn1. The Morgan fingerprint density at radius 3 is 2.69 bits per heavy atom. The lowest BCUT2D eigenvalue weighted by atomic mass is 10.2. The molecule has 1 aromatic rings. The molecule has 0 saturated carbocycles. The van der Waals surface area contributed by atoms with Crippen LogP contribution in [0.2, 0.25) is 0 Å². The van der Waals surface area contributed by atoms with Gasteiger partial charge in [-0.25, -0.2) is 9.97 Å². The topological polar surface area (TPSA) is 49.8 Å². The third kappa shape index (κ3) is 3.85. The fourth-order valence-corrected chi connectivity index (χ4v) is 1.03. The molecule has 4 heteroatoms. The first-order valence-electron chi connectivity index (χ1n) is 4.51. The van der Waals surface area contributed by atoms with Gasteiger partial charge < -0.3 is 10.6 Å². The molecular formula is C9H16N4. The van der Waals surface area contributed by atoms with Crippen molar-refractivity contribution in [2.24, 2.45) is 0 Å². The molecule has 0 saturated heterocycles. The highest BCUT2D eigenvalue weighted by Crippen LogP contribution is 1.99. The Hall–Kier alpha value is -1.16. The van der Waals surface area contributed by atoms with E-state index in [-0.39, 0.29) is 0 Å². The van der Waals surface area contributed by atoms with Crippen LogP contribution in [0.25, 0.3) is 0 Å². The van der Waals surface area contributed by atoms with E-state index in [1.807, 2.05) is 13.1 Å². The Labute approximate surface area is 78.8 Å². The van der Waals surface area contributed by atoms with Crippen LogP contribution in [0.15, 0.2) is 18.5 Å². The van der Waals surface area contributed by atoms with Crippen LogP contribution < -0.4 is 10.6 Å². The maximum absolute atomic E-state index is 4.08. The van der Waals surface area contributed by atoms with Crippen molar-refractivity contribution in [3.63, 3.8) is 0 Å². The summed E-state index contributed by atoms with van der Waals surface area (Å²) in [6.07, 6.45) is 4.54. The molecule has 1 aromatic heterocycles. The molecule has 0 spiro atoms. The van der Waals surface area contributed by atoms with Gasteiger partial charge in [0.1, 0.15) is 0 Å². The minimum Gasteiger partial charge on any atom is -0.352 e. The zero-order chi connectivity index (χ0) is 9.52. The zero-order valence-electron chi connectivity index (χ0n) is 8.12. The number of nitrogens with one attached hydrogen (secondary N) is 2. The van der Waals surface area contributed by atoms with Crippen LogP contribution in [0.4, 0.5) is 5.95 Å². The number of rotatable bonds is 5. The molecular weight excluding hydrogens is 164 g/mol. The minimum atomic E-state index is 0.398. The summed E-state index contributed by atoms with van der Waals surface area (Å²) in [4.78, 5) is 8.17. The third-order valence-corrected chi connectivity index (χ3v) is 1.77. The number of nitrogens with zero attached hydrogens (tertiary/aromatic N) is 2. The molecule has 1 unspecified atom stereocenters. The zero-order valence-corrected chi connectivity index (χ0v) is 8.12. The van der Waals surface area contributed by atoms with Crippen molar-refractivity contribution < 1.29 is 0 Å². The Kier molecular flexibility index (Phi) is 4.18. The first-order chi connectivity index (χ1) is 6.33. The van der Waals surface area contributed by atoms with Gasteiger partial charge in [0.15, 0.2) is 0 Å². The first-order valence-corrected chi connectivity index (χ1v) is 4.51. The van der Waals surface area contributed by atoms with Crippen molar-refractivity contribution in [1.82, 2.24) is 15.3 Å². The van der Waals surface area contributed by atoms with E-state index in [4.69, 9.17) is 0 Å². The van der Waals surface area contributed by atoms with Crippen LogP contribution in [0.3, 0.4) is 0 Å². The molecule has 4 nitrogen and oxygen atoms in total. The molecule has 0 aliphatic heterocycles. The molecule has 0 aromatic carbocycles. The molecule has 2 N–H and O–H groups in total. The van der Waals surface area contributed by atoms with Crippen LogP contribution in [0, 0.1) is 0 Å². The standard InChI is InChI=1S/C9H16N4/c1-8(4-7-10-2)13-9-11-5-3-6-12-9/h3,5-6,8,10H,4,7H2,1-2H3,(H,11,12,13). The van der Waals surface area contributed by atoms with Crippen LogP contribution in [0.1, 0.15) is 13.3 Å². The third-order valence-electron chi connectivity index (χ3n) is 1.77. The molecule has 72 valence electrons. The Balaban J connectivity index is 2.32. The summed E-state index contributed by atoms with van der Waals surface area (Å²) in [5.74, 6) is 0.700. The minimum absolute atomic E-state index is 0.398. The van der Waals surface area contributed by atoms with Gasteiger partial charge in [0, 0.05) is 18.4 Å². The van der Waals surface area contributed by atoms with Gasteiger partial charge in [-0.05, 0) is 33.0 Å². The highest BCUT2D eigenvalue weighted by atomic mass is 15.1. The number of aromatic nitrogens is 2. The number of hydrogen-bond donors (Lipinski definition) is 2. The van der Waals surface area contributed by atoms with Gasteiger partial charge in [0.2, 0.25) is 5.95 Å². The van der Waals surface area contributed by atoms with E-state index in [1.54, 1.807) is 12.4 Å². The van der Waals surface area contributed by atoms with Crippen LogP contribution in [0.5, 0.6) is 0 Å². The van der Waals surface area contributed by atoms with Gasteiger partial charge in [0.05, 0.1) is 0 Å². The summed E-state index contributed by atoms with van der Waals surface area (Å²) in [6.45, 7) is 3.12. The monoisotopic (exact) mass is 180 g/mol. The maximum Gasteiger partial charge on any atom is 0.222 e. The lowest BCUT2D eigenvalue weighted by Gasteiger charge is -2.12. The second-order valence-corrected chi connectivity index (χ2v) is 3.01. The fraction of sp³-hybridized carbons (Fsp3) is 0.556. The maximum atomic E-state index is 4.08. The Morgan fingerprint density at radius 1 is 1.38 bits per heavy atom. The van der Waals surface area contributed by atoms with Crippen molar-refractivity contribution in [2.45, 2.75) is 19.4 Å². The predicted octanol–water partition coefficient (Wildman–Crippen LogP) is 0.886. The molecule has 1 heterocycles. The second kappa shape index (κ2) is 5.48. The quantitative estimate of drug-likeness (QED) is 0.706. The van der Waals surface area contributed by atoms with Gasteiger partial charge in [-0.2, -0.15) is 0 Å². The first kappa shape index (κ1) is 9.92. The summed E-state index contributed by atoms with van der Waals surface area (Å²) in [5.41, 5.74) is 0. The summed E-state index contributed by atoms with van der Waals surface area (Å²) in [7, 11) is 1.95. The second-order valence-electron chi connectivity index (χ2n) is 3.01. The van der Waals surface area contributed by atoms with Gasteiger partial charge in [-0.3, -0.25) is 0 Å².